The van der Waals surface area contributed by atoms with Crippen LogP contribution in [0.2, 0.25) is 0 Å². The number of rotatable bonds is 7. The van der Waals surface area contributed by atoms with Crippen molar-refractivity contribution in [2.24, 2.45) is 9.98 Å². The molecule has 0 radical (unpaired) electrons. The van der Waals surface area contributed by atoms with Gasteiger partial charge in [0, 0.05) is 24.6 Å². The minimum atomic E-state index is -0.464. The normalized spacial score (nSPS) is 11.2. The molecule has 0 N–H and O–H groups in total. The molecule has 0 aliphatic rings. The van der Waals surface area contributed by atoms with Crippen molar-refractivity contribution in [2.75, 3.05) is 13.1 Å². The Morgan fingerprint density at radius 1 is 0.750 bits per heavy atom. The van der Waals surface area contributed by atoms with E-state index in [1.807, 2.05) is 0 Å². The van der Waals surface area contributed by atoms with Crippen molar-refractivity contribution < 1.29 is 9.85 Å². The van der Waals surface area contributed by atoms with Gasteiger partial charge < -0.3 is 0 Å². The molecule has 0 saturated carbocycles. The molecule has 8 heteroatoms. The predicted octanol–water partition coefficient (Wildman–Crippen LogP) is 3.04. The zero-order valence-corrected chi connectivity index (χ0v) is 12.6. The zero-order chi connectivity index (χ0) is 17.4. The molecule has 2 aromatic carbocycles. The molecule has 0 saturated heterocycles. The molecule has 0 spiro atoms. The van der Waals surface area contributed by atoms with Crippen LogP contribution in [0.25, 0.3) is 0 Å². The van der Waals surface area contributed by atoms with Crippen LogP contribution in [0.15, 0.2) is 58.5 Å². The number of nitro groups is 2. The van der Waals surface area contributed by atoms with Crippen molar-refractivity contribution in [1.29, 1.82) is 0 Å². The third-order valence-corrected chi connectivity index (χ3v) is 3.09. The maximum atomic E-state index is 10.9. The van der Waals surface area contributed by atoms with Gasteiger partial charge in [0.05, 0.1) is 34.1 Å². The van der Waals surface area contributed by atoms with E-state index in [0.717, 1.165) is 0 Å². The van der Waals surface area contributed by atoms with Gasteiger partial charge in [-0.25, -0.2) is 0 Å². The van der Waals surface area contributed by atoms with Crippen LogP contribution >= 0.6 is 0 Å². The summed E-state index contributed by atoms with van der Waals surface area (Å²) in [6, 6.07) is 12.6. The predicted molar refractivity (Wildman–Crippen MR) is 91.1 cm³/mol. The molecule has 122 valence electrons. The highest BCUT2D eigenvalue weighted by Gasteiger charge is 2.10. The largest absolute Gasteiger partial charge is 0.290 e. The molecule has 0 aliphatic carbocycles. The fourth-order valence-corrected chi connectivity index (χ4v) is 1.97. The Morgan fingerprint density at radius 2 is 1.12 bits per heavy atom. The Labute approximate surface area is 137 Å². The monoisotopic (exact) mass is 326 g/mol. The summed E-state index contributed by atoms with van der Waals surface area (Å²) in [4.78, 5) is 29.0. The van der Waals surface area contributed by atoms with Crippen LogP contribution in [0, 0.1) is 20.2 Å². The van der Waals surface area contributed by atoms with E-state index in [1.54, 1.807) is 36.4 Å². The second-order valence-electron chi connectivity index (χ2n) is 4.70. The van der Waals surface area contributed by atoms with Crippen LogP contribution in [0.1, 0.15) is 11.1 Å². The molecule has 0 atom stereocenters. The van der Waals surface area contributed by atoms with Crippen molar-refractivity contribution in [2.45, 2.75) is 0 Å². The van der Waals surface area contributed by atoms with Crippen LogP contribution in [-0.4, -0.2) is 35.4 Å². The van der Waals surface area contributed by atoms with E-state index in [1.165, 1.54) is 24.6 Å². The first-order chi connectivity index (χ1) is 11.6. The second kappa shape index (κ2) is 8.28. The van der Waals surface area contributed by atoms with Gasteiger partial charge >= 0.3 is 0 Å². The maximum absolute atomic E-state index is 10.9. The summed E-state index contributed by atoms with van der Waals surface area (Å²) in [5.41, 5.74) is 0.824. The van der Waals surface area contributed by atoms with Gasteiger partial charge in [-0.05, 0) is 12.1 Å². The standard InChI is InChI=1S/C16H14N4O4/c21-19(22)15-7-3-1-5-13(15)11-17-9-10-18-12-14-6-2-4-8-16(14)20(23)24/h1-8,11-12H,9-10H2. The summed E-state index contributed by atoms with van der Waals surface area (Å²) < 4.78 is 0. The van der Waals surface area contributed by atoms with Gasteiger partial charge in [0.15, 0.2) is 0 Å². The fourth-order valence-electron chi connectivity index (χ4n) is 1.97. The summed E-state index contributed by atoms with van der Waals surface area (Å²) in [5.74, 6) is 0. The highest BCUT2D eigenvalue weighted by molar-refractivity contribution is 5.86. The van der Waals surface area contributed by atoms with E-state index in [2.05, 4.69) is 9.98 Å². The average Bonchev–Trinajstić information content (AvgIpc) is 2.58. The minimum Gasteiger partial charge on any atom is -0.290 e. The van der Waals surface area contributed by atoms with Gasteiger partial charge in [-0.15, -0.1) is 0 Å². The van der Waals surface area contributed by atoms with Crippen LogP contribution in [-0.2, 0) is 0 Å². The second-order valence-corrected chi connectivity index (χ2v) is 4.70. The van der Waals surface area contributed by atoms with Crippen molar-refractivity contribution in [3.05, 3.63) is 79.9 Å². The van der Waals surface area contributed by atoms with Gasteiger partial charge in [0.1, 0.15) is 0 Å². The van der Waals surface area contributed by atoms with Crippen molar-refractivity contribution in [3.63, 3.8) is 0 Å². The van der Waals surface area contributed by atoms with E-state index in [9.17, 15) is 20.2 Å². The van der Waals surface area contributed by atoms with E-state index in [0.29, 0.717) is 24.2 Å². The first-order valence-corrected chi connectivity index (χ1v) is 7.06. The molecule has 0 unspecified atom stereocenters. The molecule has 24 heavy (non-hydrogen) atoms. The number of aliphatic imine (C=N–C) groups is 2. The van der Waals surface area contributed by atoms with Gasteiger partial charge in [-0.2, -0.15) is 0 Å². The third kappa shape index (κ3) is 4.54. The lowest BCUT2D eigenvalue weighted by Gasteiger charge is -1.96. The lowest BCUT2D eigenvalue weighted by molar-refractivity contribution is -0.385. The average molecular weight is 326 g/mol. The Hall–Kier alpha value is -3.42. The third-order valence-electron chi connectivity index (χ3n) is 3.09. The molecule has 8 nitrogen and oxygen atoms in total. The summed E-state index contributed by atoms with van der Waals surface area (Å²) in [5, 5.41) is 21.7. The van der Waals surface area contributed by atoms with E-state index in [-0.39, 0.29) is 11.4 Å². The van der Waals surface area contributed by atoms with E-state index >= 15 is 0 Å². The lowest BCUT2D eigenvalue weighted by Crippen LogP contribution is -1.96. The molecule has 2 aromatic rings. The smallest absolute Gasteiger partial charge is 0.278 e. The summed E-state index contributed by atoms with van der Waals surface area (Å²) >= 11 is 0. The van der Waals surface area contributed by atoms with E-state index < -0.39 is 9.85 Å². The molecule has 0 heterocycles. The quantitative estimate of drug-likeness (QED) is 0.337. The lowest BCUT2D eigenvalue weighted by atomic mass is 10.2. The highest BCUT2D eigenvalue weighted by atomic mass is 16.6. The zero-order valence-electron chi connectivity index (χ0n) is 12.6. The Morgan fingerprint density at radius 3 is 1.50 bits per heavy atom. The number of para-hydroxylation sites is 2. The molecule has 0 bridgehead atoms. The summed E-state index contributed by atoms with van der Waals surface area (Å²) in [7, 11) is 0. The fraction of sp³-hybridized carbons (Fsp3) is 0.125. The van der Waals surface area contributed by atoms with Crippen LogP contribution < -0.4 is 0 Å². The Balaban J connectivity index is 1.94. The Bertz CT molecular complexity index is 735. The molecule has 2 rings (SSSR count). The molecular weight excluding hydrogens is 312 g/mol. The maximum Gasteiger partial charge on any atom is 0.278 e. The van der Waals surface area contributed by atoms with Crippen LogP contribution in [0.3, 0.4) is 0 Å². The molecule has 0 aromatic heterocycles. The Kier molecular flexibility index (Phi) is 5.84. The number of nitrogens with zero attached hydrogens (tertiary/aromatic N) is 4. The SMILES string of the molecule is O=[N+]([O-])c1ccccc1C=NCCN=Cc1ccccc1[N+](=O)[O-]. The van der Waals surface area contributed by atoms with Crippen molar-refractivity contribution in [3.8, 4) is 0 Å². The van der Waals surface area contributed by atoms with Gasteiger partial charge in [0.2, 0.25) is 0 Å². The van der Waals surface area contributed by atoms with Crippen LogP contribution in [0.4, 0.5) is 11.4 Å². The molecular formula is C16H14N4O4. The number of hydrogen-bond donors (Lipinski definition) is 0. The molecule has 0 amide bonds. The van der Waals surface area contributed by atoms with Gasteiger partial charge in [0.25, 0.3) is 11.4 Å². The number of nitro benzene ring substituents is 2. The summed E-state index contributed by atoms with van der Waals surface area (Å²) in [6.45, 7) is 0.645. The number of hydrogen-bond acceptors (Lipinski definition) is 6. The highest BCUT2D eigenvalue weighted by Crippen LogP contribution is 2.16. The van der Waals surface area contributed by atoms with Crippen molar-refractivity contribution in [1.82, 2.24) is 0 Å². The first-order valence-electron chi connectivity index (χ1n) is 7.06. The van der Waals surface area contributed by atoms with Crippen molar-refractivity contribution >= 4 is 23.8 Å². The van der Waals surface area contributed by atoms with Crippen LogP contribution in [0.5, 0.6) is 0 Å². The number of benzene rings is 2. The van der Waals surface area contributed by atoms with Gasteiger partial charge in [-0.3, -0.25) is 30.2 Å². The van der Waals surface area contributed by atoms with Gasteiger partial charge in [-0.1, -0.05) is 24.3 Å². The first kappa shape index (κ1) is 16.9. The molecule has 0 aliphatic heterocycles. The van der Waals surface area contributed by atoms with E-state index in [4.69, 9.17) is 0 Å². The topological polar surface area (TPSA) is 111 Å². The summed E-state index contributed by atoms with van der Waals surface area (Å²) in [6.07, 6.45) is 2.86. The molecule has 0 fully saturated rings. The minimum absolute atomic E-state index is 0.00957.